The number of hydrogen-bond acceptors (Lipinski definition) is 5. The van der Waals surface area contributed by atoms with E-state index < -0.39 is 20.2 Å². The van der Waals surface area contributed by atoms with Crippen LogP contribution in [0.15, 0.2) is 4.99 Å². The molecule has 0 bridgehead atoms. The first-order valence-corrected chi connectivity index (χ1v) is 11.5. The molecule has 0 spiro atoms. The Bertz CT molecular complexity index is 668. The molecule has 9 heteroatoms. The van der Waals surface area contributed by atoms with Crippen LogP contribution in [0.1, 0.15) is 48.5 Å². The molecule has 1 aliphatic heterocycles. The van der Waals surface area contributed by atoms with E-state index in [-0.39, 0.29) is 17.8 Å². The molecule has 1 unspecified atom stereocenters. The molecule has 0 saturated carbocycles. The van der Waals surface area contributed by atoms with Crippen molar-refractivity contribution >= 4 is 21.9 Å². The number of carbonyl (C=O) groups is 1. The molecule has 0 aliphatic carbocycles. The molecule has 1 atom stereocenters. The Labute approximate surface area is 170 Å². The first kappa shape index (κ1) is 24.5. The topological polar surface area (TPSA) is 91.3 Å². The molecule has 0 aromatic rings. The molecule has 0 radical (unpaired) electrons. The number of aliphatic imine (C=N–C) groups is 1. The Kier molecular flexibility index (Phi) is 8.17. The van der Waals surface area contributed by atoms with Crippen molar-refractivity contribution < 1.29 is 17.9 Å². The highest BCUT2D eigenvalue weighted by Crippen LogP contribution is 2.23. The van der Waals surface area contributed by atoms with E-state index in [1.54, 1.807) is 25.8 Å². The molecule has 0 aromatic carbocycles. The van der Waals surface area contributed by atoms with Crippen LogP contribution in [0.5, 0.6) is 0 Å². The van der Waals surface area contributed by atoms with Gasteiger partial charge in [-0.3, -0.25) is 4.99 Å². The van der Waals surface area contributed by atoms with E-state index in [4.69, 9.17) is 9.73 Å². The zero-order valence-electron chi connectivity index (χ0n) is 18.7. The first-order valence-electron chi connectivity index (χ1n) is 9.88. The van der Waals surface area contributed by atoms with Gasteiger partial charge in [0.1, 0.15) is 5.60 Å². The molecule has 164 valence electrons. The second-order valence-corrected chi connectivity index (χ2v) is 11.9. The second-order valence-electron chi connectivity index (χ2n) is 9.16. The largest absolute Gasteiger partial charge is 0.444 e. The fourth-order valence-electron chi connectivity index (χ4n) is 2.93. The third-order valence-corrected chi connectivity index (χ3v) is 7.05. The SMILES string of the molecule is CCNC(=NCC(C)CN(C)C(=O)OC(C)(C)C)N1CCS(=O)(=O)C(C)(C)C1. The van der Waals surface area contributed by atoms with Crippen LogP contribution in [0, 0.1) is 5.92 Å². The van der Waals surface area contributed by atoms with Crippen molar-refractivity contribution in [2.75, 3.05) is 45.5 Å². The van der Waals surface area contributed by atoms with Gasteiger partial charge in [-0.05, 0) is 47.5 Å². The van der Waals surface area contributed by atoms with Crippen molar-refractivity contribution in [3.8, 4) is 0 Å². The lowest BCUT2D eigenvalue weighted by Crippen LogP contribution is -2.57. The molecule has 8 nitrogen and oxygen atoms in total. The standard InChI is InChI=1S/C19H38N4O4S/c1-9-20-16(23-10-11-28(25,26)19(6,7)14-23)21-12-15(2)13-22(8)17(24)27-18(3,4)5/h15H,9-14H2,1-8H3,(H,20,21). The number of nitrogens with one attached hydrogen (secondary N) is 1. The number of hydrogen-bond donors (Lipinski definition) is 1. The van der Waals surface area contributed by atoms with Crippen LogP contribution in [-0.4, -0.2) is 86.1 Å². The van der Waals surface area contributed by atoms with Crippen LogP contribution >= 0.6 is 0 Å². The first-order chi connectivity index (χ1) is 12.7. The Morgan fingerprint density at radius 1 is 1.36 bits per heavy atom. The van der Waals surface area contributed by atoms with E-state index >= 15 is 0 Å². The molecule has 1 amide bonds. The predicted molar refractivity (Wildman–Crippen MR) is 113 cm³/mol. The number of rotatable bonds is 5. The molecular weight excluding hydrogens is 380 g/mol. The quantitative estimate of drug-likeness (QED) is 0.542. The maximum atomic E-state index is 12.2. The highest BCUT2D eigenvalue weighted by molar-refractivity contribution is 7.92. The average Bonchev–Trinajstić information content (AvgIpc) is 2.52. The maximum Gasteiger partial charge on any atom is 0.410 e. The minimum Gasteiger partial charge on any atom is -0.444 e. The normalized spacial score (nSPS) is 20.4. The van der Waals surface area contributed by atoms with Crippen molar-refractivity contribution in [2.24, 2.45) is 10.9 Å². The van der Waals surface area contributed by atoms with Gasteiger partial charge in [0, 0.05) is 39.8 Å². The molecule has 1 rings (SSSR count). The van der Waals surface area contributed by atoms with Crippen LogP contribution < -0.4 is 5.32 Å². The van der Waals surface area contributed by atoms with Crippen molar-refractivity contribution in [2.45, 2.75) is 58.8 Å². The summed E-state index contributed by atoms with van der Waals surface area (Å²) >= 11 is 0. The van der Waals surface area contributed by atoms with E-state index in [0.717, 1.165) is 5.96 Å². The van der Waals surface area contributed by atoms with Gasteiger partial charge in [0.05, 0.1) is 10.5 Å². The summed E-state index contributed by atoms with van der Waals surface area (Å²) in [6.07, 6.45) is -0.349. The van der Waals surface area contributed by atoms with Crippen molar-refractivity contribution in [3.05, 3.63) is 0 Å². The Balaban J connectivity index is 2.73. The summed E-state index contributed by atoms with van der Waals surface area (Å²) in [5.41, 5.74) is -0.521. The van der Waals surface area contributed by atoms with Gasteiger partial charge in [-0.2, -0.15) is 0 Å². The maximum absolute atomic E-state index is 12.2. The van der Waals surface area contributed by atoms with Gasteiger partial charge in [-0.25, -0.2) is 13.2 Å². The van der Waals surface area contributed by atoms with E-state index in [2.05, 4.69) is 5.32 Å². The fraction of sp³-hybridized carbons (Fsp3) is 0.895. The number of guanidine groups is 1. The molecule has 1 saturated heterocycles. The van der Waals surface area contributed by atoms with Gasteiger partial charge < -0.3 is 19.9 Å². The van der Waals surface area contributed by atoms with Crippen LogP contribution in [0.25, 0.3) is 0 Å². The molecule has 28 heavy (non-hydrogen) atoms. The fourth-order valence-corrected chi connectivity index (χ4v) is 4.30. The van der Waals surface area contributed by atoms with Gasteiger partial charge >= 0.3 is 6.09 Å². The molecule has 1 N–H and O–H groups in total. The summed E-state index contributed by atoms with van der Waals surface area (Å²) in [5.74, 6) is 0.978. The molecule has 1 aliphatic rings. The zero-order chi connectivity index (χ0) is 21.8. The van der Waals surface area contributed by atoms with Crippen LogP contribution in [-0.2, 0) is 14.6 Å². The minimum absolute atomic E-state index is 0.126. The summed E-state index contributed by atoms with van der Waals surface area (Å²) in [6, 6.07) is 0. The molecular formula is C19H38N4O4S. The van der Waals surface area contributed by atoms with Gasteiger partial charge in [-0.15, -0.1) is 0 Å². The summed E-state index contributed by atoms with van der Waals surface area (Å²) in [7, 11) is -1.38. The smallest absolute Gasteiger partial charge is 0.410 e. The van der Waals surface area contributed by atoms with Gasteiger partial charge in [0.25, 0.3) is 0 Å². The summed E-state index contributed by atoms with van der Waals surface area (Å²) < 4.78 is 29.1. The monoisotopic (exact) mass is 418 g/mol. The van der Waals surface area contributed by atoms with Gasteiger partial charge in [0.15, 0.2) is 15.8 Å². The Morgan fingerprint density at radius 2 is 1.96 bits per heavy atom. The summed E-state index contributed by atoms with van der Waals surface area (Å²) in [5, 5.41) is 3.26. The van der Waals surface area contributed by atoms with Crippen molar-refractivity contribution in [1.82, 2.24) is 15.1 Å². The van der Waals surface area contributed by atoms with E-state index in [0.29, 0.717) is 32.7 Å². The Hall–Kier alpha value is -1.51. The van der Waals surface area contributed by atoms with Crippen molar-refractivity contribution in [1.29, 1.82) is 0 Å². The lowest BCUT2D eigenvalue weighted by molar-refractivity contribution is 0.0279. The molecule has 1 fully saturated rings. The minimum atomic E-state index is -3.10. The van der Waals surface area contributed by atoms with Crippen LogP contribution in [0.4, 0.5) is 4.79 Å². The molecule has 1 heterocycles. The third-order valence-electron chi connectivity index (χ3n) is 4.52. The number of ether oxygens (including phenoxy) is 1. The number of amides is 1. The number of carbonyl (C=O) groups excluding carboxylic acids is 1. The second kappa shape index (κ2) is 9.33. The highest BCUT2D eigenvalue weighted by Gasteiger charge is 2.41. The van der Waals surface area contributed by atoms with Crippen LogP contribution in [0.2, 0.25) is 0 Å². The van der Waals surface area contributed by atoms with Gasteiger partial charge in [0.2, 0.25) is 0 Å². The summed E-state index contributed by atoms with van der Waals surface area (Å²) in [6.45, 7) is 15.7. The number of sulfone groups is 1. The summed E-state index contributed by atoms with van der Waals surface area (Å²) in [4.78, 5) is 20.4. The number of nitrogens with zero attached hydrogens (tertiary/aromatic N) is 3. The highest BCUT2D eigenvalue weighted by atomic mass is 32.2. The lowest BCUT2D eigenvalue weighted by atomic mass is 10.1. The van der Waals surface area contributed by atoms with Crippen molar-refractivity contribution in [3.63, 3.8) is 0 Å². The Morgan fingerprint density at radius 3 is 2.46 bits per heavy atom. The molecule has 0 aromatic heterocycles. The third kappa shape index (κ3) is 7.14. The van der Waals surface area contributed by atoms with E-state index in [1.807, 2.05) is 39.5 Å². The van der Waals surface area contributed by atoms with E-state index in [1.165, 1.54) is 0 Å². The van der Waals surface area contributed by atoms with Gasteiger partial charge in [-0.1, -0.05) is 6.92 Å². The van der Waals surface area contributed by atoms with E-state index in [9.17, 15) is 13.2 Å². The zero-order valence-corrected chi connectivity index (χ0v) is 19.5. The lowest BCUT2D eigenvalue weighted by Gasteiger charge is -2.39. The average molecular weight is 419 g/mol. The van der Waals surface area contributed by atoms with Crippen LogP contribution in [0.3, 0.4) is 0 Å². The predicted octanol–water partition coefficient (Wildman–Crippen LogP) is 1.96.